The van der Waals surface area contributed by atoms with Crippen LogP contribution in [0, 0.1) is 17.3 Å². The van der Waals surface area contributed by atoms with Crippen molar-refractivity contribution in [2.24, 2.45) is 17.3 Å². The Labute approximate surface area is 351 Å². The molecule has 2 fully saturated rings. The third-order valence-corrected chi connectivity index (χ3v) is 11.9. The van der Waals surface area contributed by atoms with Gasteiger partial charge in [0.15, 0.2) is 5.78 Å². The molecule has 12 heteroatoms. The van der Waals surface area contributed by atoms with E-state index in [-0.39, 0.29) is 47.9 Å². The number of carbonyl (C=O) groups excluding carboxylic acids is 6. The number of hydrogen-bond donors (Lipinski definition) is 3. The zero-order valence-corrected chi connectivity index (χ0v) is 36.8. The molecule has 2 aromatic rings. The summed E-state index contributed by atoms with van der Waals surface area (Å²) in [6.45, 7) is 19.0. The maximum absolute atomic E-state index is 14.0. The topological polar surface area (TPSA) is 154 Å². The predicted octanol–water partition coefficient (Wildman–Crippen LogP) is 5.63. The molecule has 2 saturated heterocycles. The Morgan fingerprint density at radius 2 is 1.37 bits per heavy atom. The molecule has 12 nitrogen and oxygen atoms in total. The molecule has 2 aliphatic heterocycles. The van der Waals surface area contributed by atoms with E-state index in [1.165, 1.54) is 12.0 Å². The third-order valence-electron chi connectivity index (χ3n) is 11.9. The second kappa shape index (κ2) is 20.9. The Kier molecular flexibility index (Phi) is 16.6. The zero-order valence-electron chi connectivity index (χ0n) is 36.8. The van der Waals surface area contributed by atoms with Gasteiger partial charge in [-0.15, -0.1) is 0 Å². The van der Waals surface area contributed by atoms with Crippen molar-refractivity contribution in [3.63, 3.8) is 0 Å². The number of esters is 1. The quantitative estimate of drug-likeness (QED) is 0.112. The van der Waals surface area contributed by atoms with Crippen LogP contribution in [-0.2, 0) is 35.1 Å². The molecule has 3 N–H and O–H groups in total. The van der Waals surface area contributed by atoms with Crippen LogP contribution in [0.3, 0.4) is 0 Å². The lowest BCUT2D eigenvalue weighted by atomic mass is 9.85. The van der Waals surface area contributed by atoms with Crippen molar-refractivity contribution in [2.75, 3.05) is 20.2 Å². The number of carbonyl (C=O) groups is 6. The Hall–Kier alpha value is -4.84. The lowest BCUT2D eigenvalue weighted by Crippen LogP contribution is -2.61. The van der Waals surface area contributed by atoms with Crippen LogP contribution in [-0.4, -0.2) is 102 Å². The molecule has 2 unspecified atom stereocenters. The van der Waals surface area contributed by atoms with Crippen LogP contribution in [0.25, 0.3) is 0 Å². The summed E-state index contributed by atoms with van der Waals surface area (Å²) in [5.41, 5.74) is 1.56. The second-order valence-corrected chi connectivity index (χ2v) is 18.0. The minimum absolute atomic E-state index is 0.0947. The summed E-state index contributed by atoms with van der Waals surface area (Å²) in [4.78, 5) is 85.2. The number of ketones is 1. The Morgan fingerprint density at radius 1 is 0.763 bits per heavy atom. The first-order valence-corrected chi connectivity index (χ1v) is 21.3. The smallest absolute Gasteiger partial charge is 0.328 e. The van der Waals surface area contributed by atoms with Gasteiger partial charge >= 0.3 is 5.97 Å². The van der Waals surface area contributed by atoms with Crippen LogP contribution in [0.2, 0.25) is 0 Å². The molecule has 0 spiro atoms. The number of methoxy groups -OCH3 is 1. The van der Waals surface area contributed by atoms with E-state index in [1.54, 1.807) is 61.5 Å². The van der Waals surface area contributed by atoms with Crippen LogP contribution in [0.1, 0.15) is 116 Å². The number of hydrogen-bond acceptors (Lipinski definition) is 8. The number of benzene rings is 2. The monoisotopic (exact) mass is 814 g/mol. The van der Waals surface area contributed by atoms with E-state index >= 15 is 0 Å². The number of nitrogens with zero attached hydrogens (tertiary/aromatic N) is 2. The lowest BCUT2D eigenvalue weighted by Gasteiger charge is -2.42. The van der Waals surface area contributed by atoms with Gasteiger partial charge in [-0.2, -0.15) is 0 Å². The molecule has 4 amide bonds. The molecule has 322 valence electrons. The number of amides is 4. The van der Waals surface area contributed by atoms with E-state index < -0.39 is 41.5 Å². The molecule has 0 aromatic heterocycles. The largest absolute Gasteiger partial charge is 0.467 e. The molecule has 0 bridgehead atoms. The molecule has 0 saturated carbocycles. The predicted molar refractivity (Wildman–Crippen MR) is 229 cm³/mol. The Bertz CT molecular complexity index is 1820. The highest BCUT2D eigenvalue weighted by Crippen LogP contribution is 2.26. The maximum Gasteiger partial charge on any atom is 0.328 e. The van der Waals surface area contributed by atoms with Gasteiger partial charge in [0.25, 0.3) is 0 Å². The molecule has 6 atom stereocenters. The average molecular weight is 814 g/mol. The number of nitrogens with one attached hydrogen (secondary N) is 3. The summed E-state index contributed by atoms with van der Waals surface area (Å²) >= 11 is 0. The molecule has 2 aromatic carbocycles. The number of rotatable bonds is 16. The van der Waals surface area contributed by atoms with E-state index in [9.17, 15) is 28.8 Å². The minimum atomic E-state index is -1.02. The molecular weight excluding hydrogens is 747 g/mol. The van der Waals surface area contributed by atoms with Gasteiger partial charge in [-0.05, 0) is 68.9 Å². The van der Waals surface area contributed by atoms with Gasteiger partial charge < -0.3 is 25.6 Å². The van der Waals surface area contributed by atoms with Gasteiger partial charge in [-0.1, -0.05) is 116 Å². The zero-order chi connectivity index (χ0) is 43.6. The Balaban J connectivity index is 1.44. The Morgan fingerprint density at radius 3 is 1.97 bits per heavy atom. The summed E-state index contributed by atoms with van der Waals surface area (Å²) in [5, 5.41) is 9.05. The van der Waals surface area contributed by atoms with Gasteiger partial charge in [0.1, 0.15) is 18.1 Å². The van der Waals surface area contributed by atoms with Gasteiger partial charge in [0.2, 0.25) is 23.6 Å². The summed E-state index contributed by atoms with van der Waals surface area (Å²) in [5.74, 6) is -1.74. The standard InChI is InChI=1S/C47H67N5O7/c1-29(2)32(6)51-25-15-14-19-38(51)43(55)50-41(47(7,8)9)44(56)48-36(30(3)4)27-31(5)45(57)52-26-16-20-39(52)42(54)49-37(46(58)59-10)28-33-21-23-35(24-22-33)40(53)34-17-12-11-13-18-34/h11-13,17-18,21-24,27,29-30,32,36-39,41H,14-16,19-20,25-26,28H2,1-10H3,(H,48,56)(H,49,54)(H,50,55)/b31-27+/t32?,36-,37+,38?,39+,41-/m1/s1. The van der Waals surface area contributed by atoms with Crippen molar-refractivity contribution in [1.29, 1.82) is 0 Å². The van der Waals surface area contributed by atoms with Crippen molar-refractivity contribution in [3.8, 4) is 0 Å². The third kappa shape index (κ3) is 12.3. The van der Waals surface area contributed by atoms with E-state index in [0.717, 1.165) is 31.4 Å². The number of ether oxygens (including phenoxy) is 1. The molecule has 2 heterocycles. The fourth-order valence-corrected chi connectivity index (χ4v) is 7.91. The number of likely N-dealkylation sites (tertiary alicyclic amines) is 2. The van der Waals surface area contributed by atoms with Crippen LogP contribution in [0.5, 0.6) is 0 Å². The fraction of sp³-hybridized carbons (Fsp3) is 0.574. The molecule has 0 radical (unpaired) electrons. The highest BCUT2D eigenvalue weighted by atomic mass is 16.5. The van der Waals surface area contributed by atoms with E-state index in [2.05, 4.69) is 41.6 Å². The number of piperidine rings is 1. The fourth-order valence-electron chi connectivity index (χ4n) is 7.91. The normalized spacial score (nSPS) is 19.7. The lowest BCUT2D eigenvalue weighted by molar-refractivity contribution is -0.146. The van der Waals surface area contributed by atoms with Gasteiger partial charge in [0.05, 0.1) is 19.2 Å². The van der Waals surface area contributed by atoms with Crippen molar-refractivity contribution in [2.45, 2.75) is 137 Å². The second-order valence-electron chi connectivity index (χ2n) is 18.0. The van der Waals surface area contributed by atoms with E-state index in [4.69, 9.17) is 4.74 Å². The van der Waals surface area contributed by atoms with E-state index in [1.807, 2.05) is 40.7 Å². The summed E-state index contributed by atoms with van der Waals surface area (Å²) in [6, 6.07) is 12.6. The van der Waals surface area contributed by atoms with Gasteiger partial charge in [-0.25, -0.2) is 4.79 Å². The van der Waals surface area contributed by atoms with Crippen LogP contribution in [0.15, 0.2) is 66.2 Å². The summed E-state index contributed by atoms with van der Waals surface area (Å²) in [7, 11) is 1.25. The van der Waals surface area contributed by atoms with Crippen molar-refractivity contribution in [3.05, 3.63) is 82.9 Å². The van der Waals surface area contributed by atoms with Crippen LogP contribution in [0.4, 0.5) is 0 Å². The van der Waals surface area contributed by atoms with Crippen molar-refractivity contribution >= 4 is 35.4 Å². The molecule has 4 rings (SSSR count). The molecule has 0 aliphatic carbocycles. The first-order chi connectivity index (χ1) is 27.8. The summed E-state index contributed by atoms with van der Waals surface area (Å²) < 4.78 is 5.03. The summed E-state index contributed by atoms with van der Waals surface area (Å²) in [6.07, 6.45) is 5.61. The van der Waals surface area contributed by atoms with Crippen LogP contribution < -0.4 is 16.0 Å². The van der Waals surface area contributed by atoms with Gasteiger partial charge in [0, 0.05) is 35.7 Å². The van der Waals surface area contributed by atoms with E-state index in [0.29, 0.717) is 42.0 Å². The van der Waals surface area contributed by atoms with Crippen molar-refractivity contribution in [1.82, 2.24) is 25.8 Å². The SMILES string of the molecule is COC(=O)[C@H](Cc1ccc(C(=O)c2ccccc2)cc1)NC(=O)[C@@H]1CCCN1C(=O)/C(C)=C/[C@@H](NC(=O)[C@@H](NC(=O)C1CCCCN1C(C)C(C)C)C(C)(C)C)C(C)C. The highest BCUT2D eigenvalue weighted by Gasteiger charge is 2.40. The first kappa shape index (κ1) is 46.8. The minimum Gasteiger partial charge on any atom is -0.467 e. The first-order valence-electron chi connectivity index (χ1n) is 21.3. The van der Waals surface area contributed by atoms with Crippen molar-refractivity contribution < 1.29 is 33.5 Å². The molecule has 2 aliphatic rings. The molecule has 59 heavy (non-hydrogen) atoms. The van der Waals surface area contributed by atoms with Crippen LogP contribution >= 0.6 is 0 Å². The molecular formula is C47H67N5O7. The highest BCUT2D eigenvalue weighted by molar-refractivity contribution is 6.09. The maximum atomic E-state index is 14.0. The van der Waals surface area contributed by atoms with Gasteiger partial charge in [-0.3, -0.25) is 28.9 Å². The average Bonchev–Trinajstić information content (AvgIpc) is 3.71.